The van der Waals surface area contributed by atoms with Gasteiger partial charge in [-0.05, 0) is 36.2 Å². The van der Waals surface area contributed by atoms with Crippen LogP contribution in [0.15, 0.2) is 72.4 Å². The fourth-order valence-electron chi connectivity index (χ4n) is 5.39. The van der Waals surface area contributed by atoms with Crippen LogP contribution in [-0.4, -0.2) is 81.0 Å². The van der Waals surface area contributed by atoms with E-state index in [1.165, 1.54) is 24.9 Å². The molecule has 0 radical (unpaired) electrons. The number of methoxy groups -OCH3 is 1. The third-order valence-electron chi connectivity index (χ3n) is 7.55. The van der Waals surface area contributed by atoms with Crippen LogP contribution in [-0.2, 0) is 28.2 Å². The van der Waals surface area contributed by atoms with E-state index >= 15 is 0 Å². The van der Waals surface area contributed by atoms with Crippen molar-refractivity contribution in [1.82, 2.24) is 4.90 Å². The summed E-state index contributed by atoms with van der Waals surface area (Å²) in [6.45, 7) is 13.2. The van der Waals surface area contributed by atoms with Gasteiger partial charge in [0.2, 0.25) is 5.91 Å². The summed E-state index contributed by atoms with van der Waals surface area (Å²) >= 11 is 0. The maximum Gasteiger partial charge on any atom is 0.261 e. The van der Waals surface area contributed by atoms with Crippen LogP contribution in [0.4, 0.5) is 0 Å². The number of Topliss-reactive ketones (excluding diaryl/α,β-unsaturated/α-hetero) is 1. The molecule has 1 N–H and O–H groups in total. The third kappa shape index (κ3) is 7.22. The summed E-state index contributed by atoms with van der Waals surface area (Å²) in [6.07, 6.45) is -2.75. The number of aliphatic hydroxyl groups is 1. The van der Waals surface area contributed by atoms with Gasteiger partial charge in [0.15, 0.2) is 12.0 Å². The molecule has 1 aliphatic heterocycles. The van der Waals surface area contributed by atoms with E-state index in [-0.39, 0.29) is 23.3 Å². The molecule has 3 rings (SSSR count). The number of hydrogen-bond donors (Lipinski definition) is 1. The topological polar surface area (TPSA) is 94.5 Å². The highest BCUT2D eigenvalue weighted by atomic mass is 28.4. The Morgan fingerprint density at radius 2 is 1.51 bits per heavy atom. The van der Waals surface area contributed by atoms with E-state index in [1.807, 2.05) is 36.4 Å². The van der Waals surface area contributed by atoms with Crippen molar-refractivity contribution >= 4 is 30.4 Å². The van der Waals surface area contributed by atoms with E-state index in [1.54, 1.807) is 21.0 Å². The molecule has 41 heavy (non-hydrogen) atoms. The van der Waals surface area contributed by atoms with E-state index < -0.39 is 39.0 Å². The van der Waals surface area contributed by atoms with Crippen LogP contribution < -0.4 is 10.4 Å². The molecule has 0 unspecified atom stereocenters. The van der Waals surface area contributed by atoms with Crippen LogP contribution >= 0.6 is 0 Å². The number of nitrogens with zero attached hydrogens (tertiary/aromatic N) is 1. The first-order valence-electron chi connectivity index (χ1n) is 14.1. The lowest BCUT2D eigenvalue weighted by Gasteiger charge is -2.46. The number of benzene rings is 2. The Bertz CT molecular complexity index is 1140. The molecule has 8 nitrogen and oxygen atoms in total. The van der Waals surface area contributed by atoms with Crippen LogP contribution in [0.3, 0.4) is 0 Å². The fraction of sp³-hybridized carbons (Fsp3) is 0.500. The summed E-state index contributed by atoms with van der Waals surface area (Å²) in [6, 6.07) is 20.4. The molecule has 1 aliphatic rings. The van der Waals surface area contributed by atoms with Crippen LogP contribution in [0.2, 0.25) is 5.04 Å². The van der Waals surface area contributed by atoms with Crippen molar-refractivity contribution in [3.63, 3.8) is 0 Å². The number of hydrogen-bond acceptors (Lipinski definition) is 7. The zero-order valence-corrected chi connectivity index (χ0v) is 26.5. The Kier molecular flexibility index (Phi) is 11.2. The standard InChI is InChI=1S/C32H45NO7Si/c1-22(23(2)34)21-33(25(4)36)31-30(38-20-19-37-8)29(28(39-31)24(3)35)40-41(32(5,6)7,26-15-11-9-12-16-26)27-17-13-10-14-18-27/h9-18,21,24,28-31,35H,19-20H2,1-8H3/b22-21-/t24-,28-,29-,30-,31-/m1/s1. The van der Waals surface area contributed by atoms with Gasteiger partial charge in [-0.2, -0.15) is 0 Å². The maximum atomic E-state index is 13.0. The zero-order chi connectivity index (χ0) is 30.4. The summed E-state index contributed by atoms with van der Waals surface area (Å²) < 4.78 is 25.5. The first kappa shape index (κ1) is 32.8. The number of aliphatic hydroxyl groups excluding tert-OH is 1. The molecule has 1 fully saturated rings. The monoisotopic (exact) mass is 583 g/mol. The smallest absolute Gasteiger partial charge is 0.261 e. The molecule has 2 aromatic rings. The zero-order valence-electron chi connectivity index (χ0n) is 25.5. The van der Waals surface area contributed by atoms with E-state index in [0.29, 0.717) is 12.2 Å². The van der Waals surface area contributed by atoms with Gasteiger partial charge >= 0.3 is 0 Å². The van der Waals surface area contributed by atoms with Crippen molar-refractivity contribution in [2.24, 2.45) is 0 Å². The highest BCUT2D eigenvalue weighted by molar-refractivity contribution is 6.99. The second kappa shape index (κ2) is 14.0. The van der Waals surface area contributed by atoms with Crippen molar-refractivity contribution in [2.75, 3.05) is 20.3 Å². The van der Waals surface area contributed by atoms with Crippen LogP contribution in [0.1, 0.15) is 48.5 Å². The van der Waals surface area contributed by atoms with E-state index in [9.17, 15) is 14.7 Å². The Labute approximate surface area is 245 Å². The average molecular weight is 584 g/mol. The third-order valence-corrected chi connectivity index (χ3v) is 12.6. The Balaban J connectivity index is 2.24. The predicted molar refractivity (Wildman–Crippen MR) is 161 cm³/mol. The highest BCUT2D eigenvalue weighted by Gasteiger charge is 2.58. The largest absolute Gasteiger partial charge is 0.399 e. The lowest BCUT2D eigenvalue weighted by molar-refractivity contribution is -0.149. The number of amides is 1. The molecule has 0 aromatic heterocycles. The molecule has 1 heterocycles. The average Bonchev–Trinajstić information content (AvgIpc) is 3.28. The van der Waals surface area contributed by atoms with Gasteiger partial charge in [0.25, 0.3) is 8.32 Å². The summed E-state index contributed by atoms with van der Waals surface area (Å²) in [5.41, 5.74) is 0.393. The SMILES string of the molecule is COCCO[C@@H]1[C@H](O[Si](c2ccccc2)(c2ccccc2)C(C)(C)C)[C@@H]([C@@H](C)O)O[C@H]1N(/C=C(/C)C(C)=O)C(C)=O. The minimum Gasteiger partial charge on any atom is -0.399 e. The van der Waals surface area contributed by atoms with Gasteiger partial charge in [0.05, 0.1) is 19.3 Å². The second-order valence-corrected chi connectivity index (χ2v) is 15.9. The van der Waals surface area contributed by atoms with E-state index in [2.05, 4.69) is 45.0 Å². The van der Waals surface area contributed by atoms with E-state index in [4.69, 9.17) is 18.6 Å². The maximum absolute atomic E-state index is 13.0. The second-order valence-electron chi connectivity index (χ2n) is 11.6. The molecule has 5 atom stereocenters. The molecule has 9 heteroatoms. The lowest BCUT2D eigenvalue weighted by Crippen LogP contribution is -2.69. The number of carbonyl (C=O) groups excluding carboxylic acids is 2. The minimum atomic E-state index is -3.11. The minimum absolute atomic E-state index is 0.168. The predicted octanol–water partition coefficient (Wildman–Crippen LogP) is 3.41. The highest BCUT2D eigenvalue weighted by Crippen LogP contribution is 2.41. The van der Waals surface area contributed by atoms with Gasteiger partial charge in [-0.1, -0.05) is 81.4 Å². The van der Waals surface area contributed by atoms with Crippen molar-refractivity contribution < 1.29 is 33.3 Å². The normalized spacial score (nSPS) is 22.4. The first-order valence-corrected chi connectivity index (χ1v) is 16.0. The molecule has 224 valence electrons. The molecule has 1 amide bonds. The van der Waals surface area contributed by atoms with Crippen LogP contribution in [0.25, 0.3) is 0 Å². The molecular weight excluding hydrogens is 538 g/mol. The number of carbonyl (C=O) groups is 2. The van der Waals surface area contributed by atoms with Crippen molar-refractivity contribution in [3.8, 4) is 0 Å². The number of ether oxygens (including phenoxy) is 3. The number of rotatable bonds is 12. The van der Waals surface area contributed by atoms with Gasteiger partial charge in [0.1, 0.15) is 18.3 Å². The number of ketones is 1. The van der Waals surface area contributed by atoms with Gasteiger partial charge in [-0.15, -0.1) is 0 Å². The molecule has 0 spiro atoms. The summed E-state index contributed by atoms with van der Waals surface area (Å²) in [4.78, 5) is 26.4. The molecule has 1 saturated heterocycles. The van der Waals surface area contributed by atoms with Gasteiger partial charge in [-0.25, -0.2) is 0 Å². The molecular formula is C32H45NO7Si. The van der Waals surface area contributed by atoms with Gasteiger partial charge in [0, 0.05) is 25.8 Å². The molecule has 0 saturated carbocycles. The first-order chi connectivity index (χ1) is 19.3. The Hall–Kier alpha value is -2.66. The Morgan fingerprint density at radius 1 is 0.976 bits per heavy atom. The summed E-state index contributed by atoms with van der Waals surface area (Å²) in [7, 11) is -1.52. The van der Waals surface area contributed by atoms with Gasteiger partial charge < -0.3 is 23.7 Å². The fourth-order valence-corrected chi connectivity index (χ4v) is 10.1. The molecule has 0 aliphatic carbocycles. The molecule has 2 aromatic carbocycles. The lowest BCUT2D eigenvalue weighted by atomic mass is 10.1. The quantitative estimate of drug-likeness (QED) is 0.233. The Morgan fingerprint density at radius 3 is 1.93 bits per heavy atom. The summed E-state index contributed by atoms with van der Waals surface area (Å²) in [5, 5.41) is 12.8. The van der Waals surface area contributed by atoms with Gasteiger partial charge in [-0.3, -0.25) is 14.5 Å². The van der Waals surface area contributed by atoms with Crippen LogP contribution in [0, 0.1) is 0 Å². The summed E-state index contributed by atoms with van der Waals surface area (Å²) in [5.74, 6) is -0.496. The van der Waals surface area contributed by atoms with Crippen molar-refractivity contribution in [2.45, 2.75) is 84.1 Å². The van der Waals surface area contributed by atoms with E-state index in [0.717, 1.165) is 10.4 Å². The van der Waals surface area contributed by atoms with Crippen LogP contribution in [0.5, 0.6) is 0 Å². The molecule has 0 bridgehead atoms. The van der Waals surface area contributed by atoms with Crippen molar-refractivity contribution in [1.29, 1.82) is 0 Å². The van der Waals surface area contributed by atoms with Crippen molar-refractivity contribution in [3.05, 3.63) is 72.4 Å². The number of allylic oxidation sites excluding steroid dienone is 1.